The third kappa shape index (κ3) is 4.78. The molecule has 1 aromatic carbocycles. The lowest BCUT2D eigenvalue weighted by molar-refractivity contribution is 0.0498. The Labute approximate surface area is 163 Å². The quantitative estimate of drug-likeness (QED) is 0.814. The average molecular weight is 371 g/mol. The number of rotatable bonds is 7. The number of aliphatic hydroxyl groups is 1. The van der Waals surface area contributed by atoms with Crippen LogP contribution in [0.2, 0.25) is 0 Å². The van der Waals surface area contributed by atoms with E-state index in [1.165, 1.54) is 22.4 Å². The highest BCUT2D eigenvalue weighted by molar-refractivity contribution is 5.25. The van der Waals surface area contributed by atoms with Crippen molar-refractivity contribution in [2.75, 3.05) is 26.2 Å². The second-order valence-electron chi connectivity index (χ2n) is 7.82. The normalized spacial score (nSPS) is 18.9. The van der Waals surface area contributed by atoms with Crippen molar-refractivity contribution in [2.24, 2.45) is 0 Å². The molecule has 1 aromatic heterocycles. The van der Waals surface area contributed by atoms with Gasteiger partial charge in [0.1, 0.15) is 0 Å². The Morgan fingerprint density at radius 1 is 1.07 bits per heavy atom. The van der Waals surface area contributed by atoms with E-state index >= 15 is 0 Å². The Bertz CT molecular complexity index is 738. The molecule has 1 atom stereocenters. The van der Waals surface area contributed by atoms with Crippen molar-refractivity contribution in [3.05, 3.63) is 52.3 Å². The number of nitrogens with zero attached hydrogens (tertiary/aromatic N) is 4. The molecule has 1 aliphatic rings. The summed E-state index contributed by atoms with van der Waals surface area (Å²) in [7, 11) is 0. The number of piperazine rings is 1. The van der Waals surface area contributed by atoms with Crippen LogP contribution < -0.4 is 0 Å². The van der Waals surface area contributed by atoms with Gasteiger partial charge in [-0.25, -0.2) is 0 Å². The summed E-state index contributed by atoms with van der Waals surface area (Å²) in [6, 6.07) is 9.21. The Hall–Kier alpha value is -1.69. The van der Waals surface area contributed by atoms with E-state index < -0.39 is 0 Å². The standard InChI is InChI=1S/C22H34N4O/c1-5-26-19(4)22(18(3)23-26)16-24-11-12-25(21(15-24)10-13-27)14-20-8-6-17(2)7-9-20/h6-9,21,27H,5,10-16H2,1-4H3/t21-/m0/s1. The number of aromatic nitrogens is 2. The van der Waals surface area contributed by atoms with Crippen molar-refractivity contribution in [3.8, 4) is 0 Å². The molecule has 3 rings (SSSR count). The number of aryl methyl sites for hydroxylation is 3. The van der Waals surface area contributed by atoms with Gasteiger partial charge in [-0.1, -0.05) is 29.8 Å². The zero-order valence-electron chi connectivity index (χ0n) is 17.3. The Kier molecular flexibility index (Phi) is 6.68. The van der Waals surface area contributed by atoms with Crippen molar-refractivity contribution in [2.45, 2.75) is 59.8 Å². The molecule has 0 amide bonds. The summed E-state index contributed by atoms with van der Waals surface area (Å²) in [5, 5.41) is 14.2. The fourth-order valence-electron chi connectivity index (χ4n) is 4.15. The van der Waals surface area contributed by atoms with Gasteiger partial charge in [0.05, 0.1) is 5.69 Å². The van der Waals surface area contributed by atoms with E-state index in [2.05, 4.69) is 71.5 Å². The predicted octanol–water partition coefficient (Wildman–Crippen LogP) is 2.90. The molecule has 1 aliphatic heterocycles. The van der Waals surface area contributed by atoms with Crippen molar-refractivity contribution >= 4 is 0 Å². The maximum absolute atomic E-state index is 9.58. The van der Waals surface area contributed by atoms with Crippen LogP contribution in [-0.2, 0) is 19.6 Å². The van der Waals surface area contributed by atoms with Crippen LogP contribution in [0.5, 0.6) is 0 Å². The average Bonchev–Trinajstić information content (AvgIpc) is 2.93. The summed E-state index contributed by atoms with van der Waals surface area (Å²) in [6.07, 6.45) is 0.828. The molecule has 1 N–H and O–H groups in total. The van der Waals surface area contributed by atoms with E-state index in [1.807, 2.05) is 0 Å². The molecule has 1 fully saturated rings. The van der Waals surface area contributed by atoms with Crippen molar-refractivity contribution in [1.82, 2.24) is 19.6 Å². The molecule has 5 nitrogen and oxygen atoms in total. The van der Waals surface area contributed by atoms with Gasteiger partial charge in [0, 0.05) is 63.2 Å². The summed E-state index contributed by atoms with van der Waals surface area (Å²) in [5.74, 6) is 0. The summed E-state index contributed by atoms with van der Waals surface area (Å²) >= 11 is 0. The van der Waals surface area contributed by atoms with E-state index in [4.69, 9.17) is 0 Å². The minimum Gasteiger partial charge on any atom is -0.396 e. The topological polar surface area (TPSA) is 44.5 Å². The summed E-state index contributed by atoms with van der Waals surface area (Å²) < 4.78 is 2.10. The maximum Gasteiger partial charge on any atom is 0.0641 e. The first kappa shape index (κ1) is 20.1. The lowest BCUT2D eigenvalue weighted by atomic mass is 10.0. The molecular weight excluding hydrogens is 336 g/mol. The Morgan fingerprint density at radius 3 is 2.44 bits per heavy atom. The molecule has 5 heteroatoms. The van der Waals surface area contributed by atoms with Gasteiger partial charge in [-0.2, -0.15) is 5.10 Å². The number of aliphatic hydroxyl groups excluding tert-OH is 1. The van der Waals surface area contributed by atoms with Gasteiger partial charge in [-0.3, -0.25) is 14.5 Å². The molecule has 0 bridgehead atoms. The van der Waals surface area contributed by atoms with Gasteiger partial charge in [0.2, 0.25) is 0 Å². The van der Waals surface area contributed by atoms with E-state index in [0.717, 1.165) is 51.4 Å². The molecule has 0 aliphatic carbocycles. The molecular formula is C22H34N4O. The fraction of sp³-hybridized carbons (Fsp3) is 0.591. The molecule has 27 heavy (non-hydrogen) atoms. The molecule has 2 aromatic rings. The van der Waals surface area contributed by atoms with Crippen LogP contribution >= 0.6 is 0 Å². The van der Waals surface area contributed by atoms with Crippen LogP contribution in [0.4, 0.5) is 0 Å². The maximum atomic E-state index is 9.58. The first-order chi connectivity index (χ1) is 13.0. The zero-order chi connectivity index (χ0) is 19.4. The van der Waals surface area contributed by atoms with Gasteiger partial charge < -0.3 is 5.11 Å². The van der Waals surface area contributed by atoms with E-state index in [9.17, 15) is 5.11 Å². The first-order valence-corrected chi connectivity index (χ1v) is 10.2. The van der Waals surface area contributed by atoms with Gasteiger partial charge in [0.15, 0.2) is 0 Å². The Balaban J connectivity index is 1.66. The first-order valence-electron chi connectivity index (χ1n) is 10.2. The summed E-state index contributed by atoms with van der Waals surface area (Å²) in [6.45, 7) is 14.8. The highest BCUT2D eigenvalue weighted by Gasteiger charge is 2.27. The second-order valence-corrected chi connectivity index (χ2v) is 7.82. The van der Waals surface area contributed by atoms with Crippen molar-refractivity contribution in [1.29, 1.82) is 0 Å². The van der Waals surface area contributed by atoms with Crippen LogP contribution in [0, 0.1) is 20.8 Å². The third-order valence-electron chi connectivity index (χ3n) is 5.87. The lowest BCUT2D eigenvalue weighted by Crippen LogP contribution is -2.52. The highest BCUT2D eigenvalue weighted by atomic mass is 16.3. The van der Waals surface area contributed by atoms with E-state index in [1.54, 1.807) is 0 Å². The molecule has 2 heterocycles. The lowest BCUT2D eigenvalue weighted by Gasteiger charge is -2.41. The van der Waals surface area contributed by atoms with Crippen LogP contribution in [0.25, 0.3) is 0 Å². The van der Waals surface area contributed by atoms with Crippen LogP contribution in [0.1, 0.15) is 41.4 Å². The summed E-state index contributed by atoms with van der Waals surface area (Å²) in [5.41, 5.74) is 6.46. The van der Waals surface area contributed by atoms with Crippen LogP contribution in [-0.4, -0.2) is 57.0 Å². The monoisotopic (exact) mass is 370 g/mol. The molecule has 0 unspecified atom stereocenters. The van der Waals surface area contributed by atoms with Gasteiger partial charge >= 0.3 is 0 Å². The smallest absolute Gasteiger partial charge is 0.0641 e. The van der Waals surface area contributed by atoms with Crippen molar-refractivity contribution < 1.29 is 5.11 Å². The van der Waals surface area contributed by atoms with Crippen LogP contribution in [0.3, 0.4) is 0 Å². The van der Waals surface area contributed by atoms with E-state index in [-0.39, 0.29) is 6.61 Å². The largest absolute Gasteiger partial charge is 0.396 e. The van der Waals surface area contributed by atoms with Gasteiger partial charge in [-0.05, 0) is 39.7 Å². The van der Waals surface area contributed by atoms with Gasteiger partial charge in [-0.15, -0.1) is 0 Å². The number of benzene rings is 1. The molecule has 0 saturated carbocycles. The summed E-state index contributed by atoms with van der Waals surface area (Å²) in [4.78, 5) is 5.07. The minimum absolute atomic E-state index is 0.245. The molecule has 148 valence electrons. The minimum atomic E-state index is 0.245. The SMILES string of the molecule is CCn1nc(C)c(CN2CCN(Cc3ccc(C)cc3)[C@@H](CCO)C2)c1C. The third-order valence-corrected chi connectivity index (χ3v) is 5.87. The molecule has 0 radical (unpaired) electrons. The van der Waals surface area contributed by atoms with Gasteiger partial charge in [0.25, 0.3) is 0 Å². The number of hydrogen-bond donors (Lipinski definition) is 1. The second kappa shape index (κ2) is 9.00. The molecule has 0 spiro atoms. The van der Waals surface area contributed by atoms with Crippen LogP contribution in [0.15, 0.2) is 24.3 Å². The predicted molar refractivity (Wildman–Crippen MR) is 110 cm³/mol. The molecule has 1 saturated heterocycles. The highest BCUT2D eigenvalue weighted by Crippen LogP contribution is 2.21. The van der Waals surface area contributed by atoms with E-state index in [0.29, 0.717) is 6.04 Å². The fourth-order valence-corrected chi connectivity index (χ4v) is 4.15. The zero-order valence-corrected chi connectivity index (χ0v) is 17.3. The number of hydrogen-bond acceptors (Lipinski definition) is 4. The van der Waals surface area contributed by atoms with Crippen molar-refractivity contribution in [3.63, 3.8) is 0 Å². The Morgan fingerprint density at radius 2 is 1.81 bits per heavy atom.